The molecule has 4 nitrogen and oxygen atoms in total. The van der Waals surface area contributed by atoms with E-state index in [1.807, 2.05) is 54.6 Å². The van der Waals surface area contributed by atoms with Crippen LogP contribution in [-0.2, 0) is 19.7 Å². The number of carbonyl (C=O) groups excluding carboxylic acids is 2. The Morgan fingerprint density at radius 1 is 1.00 bits per heavy atom. The monoisotopic (exact) mass is 409 g/mol. The third-order valence-corrected chi connectivity index (χ3v) is 6.30. The van der Waals surface area contributed by atoms with Gasteiger partial charge in [0.25, 0.3) is 0 Å². The van der Waals surface area contributed by atoms with Crippen molar-refractivity contribution in [2.75, 3.05) is 6.61 Å². The van der Waals surface area contributed by atoms with Crippen molar-refractivity contribution in [1.82, 2.24) is 4.98 Å². The molecule has 1 atom stereocenters. The van der Waals surface area contributed by atoms with E-state index >= 15 is 0 Å². The molecule has 5 rings (SSSR count). The Morgan fingerprint density at radius 2 is 1.74 bits per heavy atom. The number of benzene rings is 3. The van der Waals surface area contributed by atoms with Crippen LogP contribution in [0.1, 0.15) is 31.7 Å². The molecule has 0 aliphatic heterocycles. The predicted octanol–water partition coefficient (Wildman–Crippen LogP) is 5.61. The smallest absolute Gasteiger partial charge is 0.324 e. The Balaban J connectivity index is 1.83. The van der Waals surface area contributed by atoms with Crippen LogP contribution in [0.4, 0.5) is 0 Å². The van der Waals surface area contributed by atoms with Gasteiger partial charge in [0.1, 0.15) is 0 Å². The average molecular weight is 409 g/mol. The lowest BCUT2D eigenvalue weighted by Gasteiger charge is -2.27. The first-order chi connectivity index (χ1) is 15.1. The summed E-state index contributed by atoms with van der Waals surface area (Å²) in [6.07, 6.45) is 1.53. The predicted molar refractivity (Wildman–Crippen MR) is 122 cm³/mol. The summed E-state index contributed by atoms with van der Waals surface area (Å²) in [7, 11) is 0. The van der Waals surface area contributed by atoms with Crippen molar-refractivity contribution in [2.24, 2.45) is 0 Å². The Labute approximate surface area is 180 Å². The molecule has 3 aromatic carbocycles. The van der Waals surface area contributed by atoms with E-state index in [0.29, 0.717) is 24.8 Å². The summed E-state index contributed by atoms with van der Waals surface area (Å²) < 4.78 is 5.44. The largest absolute Gasteiger partial charge is 0.465 e. The maximum atomic E-state index is 13.2. The Hall–Kier alpha value is -3.53. The first-order valence-electron chi connectivity index (χ1n) is 10.7. The number of para-hydroxylation sites is 1. The van der Waals surface area contributed by atoms with Crippen LogP contribution in [0.3, 0.4) is 0 Å². The highest BCUT2D eigenvalue weighted by Crippen LogP contribution is 2.44. The SMILES string of the molecule is CCOC(=O)C1(c2cc(-c3cccc4ccccc34)nc3ccccc23)CCCC1=O. The van der Waals surface area contributed by atoms with Crippen LogP contribution in [0, 0.1) is 0 Å². The molecular weight excluding hydrogens is 386 g/mol. The molecule has 0 radical (unpaired) electrons. The van der Waals surface area contributed by atoms with Gasteiger partial charge in [-0.2, -0.15) is 0 Å². The lowest BCUT2D eigenvalue weighted by molar-refractivity contribution is -0.153. The molecule has 1 saturated carbocycles. The van der Waals surface area contributed by atoms with Gasteiger partial charge in [0.2, 0.25) is 0 Å². The lowest BCUT2D eigenvalue weighted by atomic mass is 9.76. The third kappa shape index (κ3) is 3.02. The van der Waals surface area contributed by atoms with Gasteiger partial charge in [0.05, 0.1) is 17.8 Å². The van der Waals surface area contributed by atoms with Crippen LogP contribution < -0.4 is 0 Å². The number of carbonyl (C=O) groups is 2. The van der Waals surface area contributed by atoms with Gasteiger partial charge in [0, 0.05) is 17.4 Å². The van der Waals surface area contributed by atoms with E-state index in [9.17, 15) is 9.59 Å². The van der Waals surface area contributed by atoms with Crippen molar-refractivity contribution in [3.63, 3.8) is 0 Å². The zero-order valence-corrected chi connectivity index (χ0v) is 17.4. The summed E-state index contributed by atoms with van der Waals surface area (Å²) in [5.41, 5.74) is 1.95. The van der Waals surface area contributed by atoms with Gasteiger partial charge in [0.15, 0.2) is 11.2 Å². The first kappa shape index (κ1) is 19.4. The summed E-state index contributed by atoms with van der Waals surface area (Å²) in [5, 5.41) is 3.03. The fourth-order valence-electron chi connectivity index (χ4n) is 4.85. The molecule has 1 unspecified atom stereocenters. The van der Waals surface area contributed by atoms with Crippen molar-refractivity contribution in [3.8, 4) is 11.3 Å². The number of ether oxygens (including phenoxy) is 1. The van der Waals surface area contributed by atoms with E-state index in [1.54, 1.807) is 6.92 Å². The van der Waals surface area contributed by atoms with Crippen molar-refractivity contribution in [2.45, 2.75) is 31.6 Å². The molecule has 4 heteroatoms. The maximum absolute atomic E-state index is 13.2. The van der Waals surface area contributed by atoms with Crippen LogP contribution in [0.5, 0.6) is 0 Å². The first-order valence-corrected chi connectivity index (χ1v) is 10.7. The molecule has 1 aliphatic rings. The molecule has 0 N–H and O–H groups in total. The average Bonchev–Trinajstić information content (AvgIpc) is 3.20. The second-order valence-electron chi connectivity index (χ2n) is 8.00. The minimum Gasteiger partial charge on any atom is -0.465 e. The number of hydrogen-bond acceptors (Lipinski definition) is 4. The molecule has 31 heavy (non-hydrogen) atoms. The highest BCUT2D eigenvalue weighted by Gasteiger charge is 2.52. The van der Waals surface area contributed by atoms with E-state index in [2.05, 4.69) is 18.2 Å². The molecule has 0 amide bonds. The second kappa shape index (κ2) is 7.62. The van der Waals surface area contributed by atoms with Gasteiger partial charge in [-0.25, -0.2) is 4.98 Å². The van der Waals surface area contributed by atoms with Gasteiger partial charge in [-0.3, -0.25) is 9.59 Å². The number of Topliss-reactive ketones (excluding diaryl/α,β-unsaturated/α-hetero) is 1. The van der Waals surface area contributed by atoms with E-state index in [0.717, 1.165) is 32.9 Å². The Kier molecular flexibility index (Phi) is 4.78. The van der Waals surface area contributed by atoms with Crippen LogP contribution in [0.25, 0.3) is 32.9 Å². The number of pyridine rings is 1. The minimum absolute atomic E-state index is 0.0637. The lowest BCUT2D eigenvalue weighted by Crippen LogP contribution is -2.41. The minimum atomic E-state index is -1.27. The molecular formula is C27H23NO3. The maximum Gasteiger partial charge on any atom is 0.324 e. The number of aromatic nitrogens is 1. The van der Waals surface area contributed by atoms with Crippen LogP contribution in [0.2, 0.25) is 0 Å². The van der Waals surface area contributed by atoms with E-state index in [4.69, 9.17) is 9.72 Å². The van der Waals surface area contributed by atoms with Gasteiger partial charge in [-0.1, -0.05) is 60.7 Å². The molecule has 4 aromatic rings. The van der Waals surface area contributed by atoms with Crippen LogP contribution in [0.15, 0.2) is 72.8 Å². The zero-order valence-electron chi connectivity index (χ0n) is 17.4. The number of fused-ring (bicyclic) bond motifs is 2. The van der Waals surface area contributed by atoms with Crippen molar-refractivity contribution in [1.29, 1.82) is 0 Å². The second-order valence-corrected chi connectivity index (χ2v) is 8.00. The van der Waals surface area contributed by atoms with Crippen molar-refractivity contribution < 1.29 is 14.3 Å². The van der Waals surface area contributed by atoms with Crippen molar-refractivity contribution >= 4 is 33.4 Å². The molecule has 1 fully saturated rings. The van der Waals surface area contributed by atoms with E-state index < -0.39 is 11.4 Å². The van der Waals surface area contributed by atoms with Gasteiger partial charge in [-0.05, 0) is 48.2 Å². The molecule has 1 aromatic heterocycles. The Bertz CT molecular complexity index is 1320. The number of nitrogens with zero attached hydrogens (tertiary/aromatic N) is 1. The van der Waals surface area contributed by atoms with E-state index in [-0.39, 0.29) is 12.4 Å². The molecule has 0 saturated heterocycles. The summed E-state index contributed by atoms with van der Waals surface area (Å²) >= 11 is 0. The fraction of sp³-hybridized carbons (Fsp3) is 0.222. The summed E-state index contributed by atoms with van der Waals surface area (Å²) in [6, 6.07) is 23.9. The van der Waals surface area contributed by atoms with Gasteiger partial charge in [-0.15, -0.1) is 0 Å². The Morgan fingerprint density at radius 3 is 2.52 bits per heavy atom. The summed E-state index contributed by atoms with van der Waals surface area (Å²) in [6.45, 7) is 2.02. The fourth-order valence-corrected chi connectivity index (χ4v) is 4.85. The van der Waals surface area contributed by atoms with Crippen LogP contribution >= 0.6 is 0 Å². The number of ketones is 1. The van der Waals surface area contributed by atoms with E-state index in [1.165, 1.54) is 0 Å². The number of esters is 1. The highest BCUT2D eigenvalue weighted by molar-refractivity contribution is 6.14. The zero-order chi connectivity index (χ0) is 21.4. The van der Waals surface area contributed by atoms with Crippen LogP contribution in [-0.4, -0.2) is 23.3 Å². The normalized spacial score (nSPS) is 18.5. The quantitative estimate of drug-likeness (QED) is 0.325. The molecule has 154 valence electrons. The molecule has 1 aliphatic carbocycles. The molecule has 1 heterocycles. The molecule has 0 bridgehead atoms. The number of rotatable bonds is 4. The topological polar surface area (TPSA) is 56.3 Å². The van der Waals surface area contributed by atoms with Crippen molar-refractivity contribution in [3.05, 3.63) is 78.4 Å². The third-order valence-electron chi connectivity index (χ3n) is 6.30. The number of hydrogen-bond donors (Lipinski definition) is 0. The summed E-state index contributed by atoms with van der Waals surface area (Å²) in [5.74, 6) is -0.510. The standard InChI is InChI=1S/C27H23NO3/c1-2-31-26(30)27(16-8-15-25(27)29)22-17-24(28-23-14-6-5-12-21(22)23)20-13-7-10-18-9-3-4-11-19(18)20/h3-7,9-14,17H,2,8,15-16H2,1H3. The van der Waals surface area contributed by atoms with Gasteiger partial charge < -0.3 is 4.74 Å². The van der Waals surface area contributed by atoms with Gasteiger partial charge >= 0.3 is 5.97 Å². The summed E-state index contributed by atoms with van der Waals surface area (Å²) in [4.78, 5) is 31.3. The highest BCUT2D eigenvalue weighted by atomic mass is 16.5. The molecule has 0 spiro atoms.